The minimum Gasteiger partial charge on any atom is -0.549 e. The van der Waals surface area contributed by atoms with Gasteiger partial charge in [-0.3, -0.25) is 0 Å². The van der Waals surface area contributed by atoms with E-state index in [1.807, 2.05) is 0 Å². The average molecular weight is 272 g/mol. The van der Waals surface area contributed by atoms with Gasteiger partial charge in [0.25, 0.3) is 0 Å². The molecule has 7 heteroatoms. The van der Waals surface area contributed by atoms with Crippen LogP contribution in [-0.2, 0) is 4.79 Å². The Bertz CT molecular complexity index is 377. The van der Waals surface area contributed by atoms with E-state index >= 15 is 0 Å². The summed E-state index contributed by atoms with van der Waals surface area (Å²) in [5, 5.41) is 22.4. The standard InChI is InChI=1S/C10H15N3O2S2/c14-8(15)6-16-10-13-12-9(17-10)11-7-4-2-1-3-5-7/h7H,1-6H2,(H,11,12)(H,14,15)/p-1. The summed E-state index contributed by atoms with van der Waals surface area (Å²) in [7, 11) is 0. The fourth-order valence-corrected chi connectivity index (χ4v) is 3.41. The highest BCUT2D eigenvalue weighted by Crippen LogP contribution is 2.27. The van der Waals surface area contributed by atoms with Gasteiger partial charge >= 0.3 is 0 Å². The van der Waals surface area contributed by atoms with Gasteiger partial charge in [0, 0.05) is 11.8 Å². The lowest BCUT2D eigenvalue weighted by molar-refractivity contribution is -0.301. The molecule has 0 saturated heterocycles. The van der Waals surface area contributed by atoms with E-state index in [1.54, 1.807) is 0 Å². The van der Waals surface area contributed by atoms with Crippen molar-refractivity contribution >= 4 is 34.2 Å². The molecule has 17 heavy (non-hydrogen) atoms. The predicted octanol–water partition coefficient (Wildman–Crippen LogP) is 1.12. The van der Waals surface area contributed by atoms with Crippen LogP contribution in [-0.4, -0.2) is 28.0 Å². The van der Waals surface area contributed by atoms with Crippen LogP contribution in [0.3, 0.4) is 0 Å². The van der Waals surface area contributed by atoms with E-state index in [1.165, 1.54) is 43.4 Å². The first-order valence-corrected chi connectivity index (χ1v) is 7.47. The summed E-state index contributed by atoms with van der Waals surface area (Å²) < 4.78 is 0.674. The SMILES string of the molecule is O=C([O-])CSc1nnc(NC2CCCCC2)s1. The number of hydrogen-bond donors (Lipinski definition) is 1. The van der Waals surface area contributed by atoms with Crippen LogP contribution in [0.5, 0.6) is 0 Å². The first kappa shape index (κ1) is 12.6. The second-order valence-corrected chi connectivity index (χ2v) is 6.21. The quantitative estimate of drug-likeness (QED) is 0.809. The van der Waals surface area contributed by atoms with E-state index < -0.39 is 5.97 Å². The predicted molar refractivity (Wildman–Crippen MR) is 66.1 cm³/mol. The molecule has 1 heterocycles. The first-order chi connectivity index (χ1) is 8.24. The van der Waals surface area contributed by atoms with Crippen LogP contribution in [0.25, 0.3) is 0 Å². The summed E-state index contributed by atoms with van der Waals surface area (Å²) in [5.74, 6) is -1.15. The zero-order valence-corrected chi connectivity index (χ0v) is 11.0. The molecule has 94 valence electrons. The molecule has 1 aromatic rings. The minimum absolute atomic E-state index is 0.0714. The lowest BCUT2D eigenvalue weighted by atomic mass is 9.96. The Labute approximate surface area is 108 Å². The van der Waals surface area contributed by atoms with Gasteiger partial charge in [-0.2, -0.15) is 0 Å². The van der Waals surface area contributed by atoms with Crippen molar-refractivity contribution in [3.63, 3.8) is 0 Å². The number of rotatable bonds is 5. The van der Waals surface area contributed by atoms with Gasteiger partial charge in [-0.25, -0.2) is 0 Å². The van der Waals surface area contributed by atoms with Crippen LogP contribution >= 0.6 is 23.1 Å². The molecule has 0 aliphatic heterocycles. The number of carbonyl (C=O) groups excluding carboxylic acids is 1. The first-order valence-electron chi connectivity index (χ1n) is 5.67. The topological polar surface area (TPSA) is 77.9 Å². The highest BCUT2D eigenvalue weighted by atomic mass is 32.2. The smallest absolute Gasteiger partial charge is 0.206 e. The number of nitrogens with zero attached hydrogens (tertiary/aromatic N) is 2. The largest absolute Gasteiger partial charge is 0.549 e. The van der Waals surface area contributed by atoms with Gasteiger partial charge in [0.2, 0.25) is 5.13 Å². The second-order valence-electron chi connectivity index (χ2n) is 4.01. The van der Waals surface area contributed by atoms with E-state index in [-0.39, 0.29) is 5.75 Å². The molecule has 0 bridgehead atoms. The Kier molecular flexibility index (Phi) is 4.61. The van der Waals surface area contributed by atoms with Gasteiger partial charge in [-0.05, 0) is 12.8 Å². The summed E-state index contributed by atoms with van der Waals surface area (Å²) >= 11 is 2.56. The number of hydrogen-bond acceptors (Lipinski definition) is 7. The zero-order valence-electron chi connectivity index (χ0n) is 9.35. The number of aromatic nitrogens is 2. The number of carboxylic acid groups (broad SMARTS) is 1. The van der Waals surface area contributed by atoms with Crippen molar-refractivity contribution in [3.8, 4) is 0 Å². The van der Waals surface area contributed by atoms with Crippen molar-refractivity contribution in [1.82, 2.24) is 10.2 Å². The summed E-state index contributed by atoms with van der Waals surface area (Å²) in [6, 6.07) is 0.496. The van der Waals surface area contributed by atoms with Crippen molar-refractivity contribution in [3.05, 3.63) is 0 Å². The average Bonchev–Trinajstić information content (AvgIpc) is 2.75. The molecule has 0 spiro atoms. The van der Waals surface area contributed by atoms with E-state index in [0.29, 0.717) is 10.4 Å². The van der Waals surface area contributed by atoms with Gasteiger partial charge in [0.05, 0.1) is 5.97 Å². The Hall–Kier alpha value is -0.820. The molecular formula is C10H14N3O2S2-. The van der Waals surface area contributed by atoms with Crippen LogP contribution < -0.4 is 10.4 Å². The number of carboxylic acids is 1. The third kappa shape index (κ3) is 4.16. The van der Waals surface area contributed by atoms with Gasteiger partial charge in [-0.15, -0.1) is 10.2 Å². The normalized spacial score (nSPS) is 16.9. The van der Waals surface area contributed by atoms with Crippen molar-refractivity contribution < 1.29 is 9.90 Å². The molecule has 5 nitrogen and oxygen atoms in total. The van der Waals surface area contributed by atoms with E-state index in [2.05, 4.69) is 15.5 Å². The Morgan fingerprint density at radius 1 is 1.41 bits per heavy atom. The summed E-state index contributed by atoms with van der Waals surface area (Å²) in [5.41, 5.74) is 0. The third-order valence-electron chi connectivity index (χ3n) is 2.65. The Morgan fingerprint density at radius 3 is 2.88 bits per heavy atom. The van der Waals surface area contributed by atoms with Gasteiger partial charge < -0.3 is 15.2 Å². The number of thioether (sulfide) groups is 1. The van der Waals surface area contributed by atoms with E-state index in [0.717, 1.165) is 16.9 Å². The molecule has 0 amide bonds. The van der Waals surface area contributed by atoms with Crippen molar-refractivity contribution in [2.45, 2.75) is 42.5 Å². The molecule has 0 unspecified atom stereocenters. The number of anilines is 1. The van der Waals surface area contributed by atoms with Gasteiger partial charge in [-0.1, -0.05) is 42.4 Å². The molecule has 1 aliphatic rings. The fourth-order valence-electron chi connectivity index (χ4n) is 1.87. The molecule has 1 aromatic heterocycles. The number of carbonyl (C=O) groups is 1. The Morgan fingerprint density at radius 2 is 2.18 bits per heavy atom. The number of aliphatic carboxylic acids is 1. The van der Waals surface area contributed by atoms with Crippen molar-refractivity contribution in [1.29, 1.82) is 0 Å². The van der Waals surface area contributed by atoms with E-state index in [4.69, 9.17) is 0 Å². The van der Waals surface area contributed by atoms with Crippen LogP contribution in [0.15, 0.2) is 4.34 Å². The van der Waals surface area contributed by atoms with Crippen LogP contribution in [0.1, 0.15) is 32.1 Å². The van der Waals surface area contributed by atoms with Crippen molar-refractivity contribution in [2.75, 3.05) is 11.1 Å². The lowest BCUT2D eigenvalue weighted by Gasteiger charge is -2.21. The Balaban J connectivity index is 1.82. The lowest BCUT2D eigenvalue weighted by Crippen LogP contribution is -2.24. The van der Waals surface area contributed by atoms with Crippen molar-refractivity contribution in [2.24, 2.45) is 0 Å². The number of nitrogens with one attached hydrogen (secondary N) is 1. The molecule has 1 N–H and O–H groups in total. The maximum absolute atomic E-state index is 10.3. The maximum atomic E-state index is 10.3. The van der Waals surface area contributed by atoms with Gasteiger partial charge in [0.1, 0.15) is 0 Å². The zero-order chi connectivity index (χ0) is 12.1. The summed E-state index contributed by atoms with van der Waals surface area (Å²) in [6.07, 6.45) is 6.22. The van der Waals surface area contributed by atoms with E-state index in [9.17, 15) is 9.90 Å². The molecule has 0 atom stereocenters. The van der Waals surface area contributed by atoms with Crippen LogP contribution in [0.4, 0.5) is 5.13 Å². The molecule has 0 radical (unpaired) electrons. The highest BCUT2D eigenvalue weighted by molar-refractivity contribution is 8.01. The molecule has 1 fully saturated rings. The highest BCUT2D eigenvalue weighted by Gasteiger charge is 2.15. The molecule has 2 rings (SSSR count). The van der Waals surface area contributed by atoms with Crippen LogP contribution in [0.2, 0.25) is 0 Å². The third-order valence-corrected chi connectivity index (χ3v) is 4.61. The molecular weight excluding hydrogens is 258 g/mol. The summed E-state index contributed by atoms with van der Waals surface area (Å²) in [4.78, 5) is 10.3. The monoisotopic (exact) mass is 272 g/mol. The minimum atomic E-state index is -1.08. The van der Waals surface area contributed by atoms with Crippen LogP contribution in [0, 0.1) is 0 Å². The molecule has 1 saturated carbocycles. The molecule has 0 aromatic carbocycles. The summed E-state index contributed by atoms with van der Waals surface area (Å²) in [6.45, 7) is 0. The maximum Gasteiger partial charge on any atom is 0.206 e. The molecule has 1 aliphatic carbocycles. The second kappa shape index (κ2) is 6.20. The van der Waals surface area contributed by atoms with Gasteiger partial charge in [0.15, 0.2) is 4.34 Å². The fraction of sp³-hybridized carbons (Fsp3) is 0.700.